The van der Waals surface area contributed by atoms with Crippen LogP contribution < -0.4 is 10.0 Å². The maximum absolute atomic E-state index is 12.4. The van der Waals surface area contributed by atoms with Crippen LogP contribution in [0.5, 0.6) is 5.75 Å². The summed E-state index contributed by atoms with van der Waals surface area (Å²) in [6.07, 6.45) is 1.44. The molecule has 1 aliphatic heterocycles. The summed E-state index contributed by atoms with van der Waals surface area (Å²) in [5.74, 6) is 2.14. The van der Waals surface area contributed by atoms with E-state index < -0.39 is 7.37 Å². The molecular weight excluding hydrogens is 211 g/mol. The molecule has 0 radical (unpaired) electrons. The first-order chi connectivity index (χ1) is 7.15. The first-order valence-corrected chi connectivity index (χ1v) is 6.55. The lowest BCUT2D eigenvalue weighted by atomic mass is 10.2. The van der Waals surface area contributed by atoms with E-state index in [0.717, 1.165) is 5.56 Å². The normalized spacial score (nSPS) is 23.3. The SMILES string of the molecule is CCO[P@@]1(=O)C=COc2ccc(C)cc21. The fourth-order valence-electron chi connectivity index (χ4n) is 1.54. The largest absolute Gasteiger partial charge is 0.464 e. The molecule has 1 aliphatic rings. The number of rotatable bonds is 2. The monoisotopic (exact) mass is 224 g/mol. The van der Waals surface area contributed by atoms with E-state index in [0.29, 0.717) is 17.7 Å². The second kappa shape index (κ2) is 3.84. The molecule has 1 aromatic carbocycles. The molecule has 0 spiro atoms. The number of fused-ring (bicyclic) bond motifs is 1. The Morgan fingerprint density at radius 3 is 3.00 bits per heavy atom. The van der Waals surface area contributed by atoms with Crippen LogP contribution in [0.25, 0.3) is 0 Å². The Morgan fingerprint density at radius 1 is 1.47 bits per heavy atom. The molecule has 0 saturated carbocycles. The maximum Gasteiger partial charge on any atom is 0.261 e. The van der Waals surface area contributed by atoms with Crippen LogP contribution in [0.4, 0.5) is 0 Å². The first kappa shape index (κ1) is 10.5. The summed E-state index contributed by atoms with van der Waals surface area (Å²) in [5.41, 5.74) is 1.05. The Bertz CT molecular complexity index is 451. The van der Waals surface area contributed by atoms with Crippen LogP contribution in [-0.2, 0) is 9.09 Å². The van der Waals surface area contributed by atoms with Gasteiger partial charge in [0.1, 0.15) is 5.75 Å². The van der Waals surface area contributed by atoms with Crippen molar-refractivity contribution < 1.29 is 13.8 Å². The van der Waals surface area contributed by atoms with Crippen LogP contribution >= 0.6 is 7.37 Å². The van der Waals surface area contributed by atoms with Gasteiger partial charge in [-0.25, -0.2) is 0 Å². The zero-order valence-electron chi connectivity index (χ0n) is 8.77. The van der Waals surface area contributed by atoms with Crippen molar-refractivity contribution in [3.63, 3.8) is 0 Å². The second-order valence-electron chi connectivity index (χ2n) is 3.39. The van der Waals surface area contributed by atoms with Gasteiger partial charge in [0, 0.05) is 5.82 Å². The second-order valence-corrected chi connectivity index (χ2v) is 5.62. The fraction of sp³-hybridized carbons (Fsp3) is 0.273. The van der Waals surface area contributed by atoms with E-state index in [-0.39, 0.29) is 0 Å². The summed E-state index contributed by atoms with van der Waals surface area (Å²) < 4.78 is 23.0. The average molecular weight is 224 g/mol. The van der Waals surface area contributed by atoms with Crippen molar-refractivity contribution in [2.45, 2.75) is 13.8 Å². The highest BCUT2D eigenvalue weighted by Gasteiger charge is 2.29. The molecule has 80 valence electrons. The molecule has 2 rings (SSSR count). The molecule has 15 heavy (non-hydrogen) atoms. The van der Waals surface area contributed by atoms with E-state index in [1.807, 2.05) is 32.0 Å². The van der Waals surface area contributed by atoms with Gasteiger partial charge in [0.25, 0.3) is 7.37 Å². The third-order valence-corrected chi connectivity index (χ3v) is 4.40. The molecule has 3 nitrogen and oxygen atoms in total. The topological polar surface area (TPSA) is 35.5 Å². The number of hydrogen-bond donors (Lipinski definition) is 0. The summed E-state index contributed by atoms with van der Waals surface area (Å²) in [6.45, 7) is 4.21. The molecule has 1 aromatic rings. The van der Waals surface area contributed by atoms with E-state index in [9.17, 15) is 4.57 Å². The fourth-order valence-corrected chi connectivity index (χ4v) is 3.35. The van der Waals surface area contributed by atoms with E-state index in [4.69, 9.17) is 9.26 Å². The van der Waals surface area contributed by atoms with Gasteiger partial charge in [-0.05, 0) is 26.0 Å². The van der Waals surface area contributed by atoms with Crippen molar-refractivity contribution in [3.8, 4) is 5.75 Å². The zero-order chi connectivity index (χ0) is 10.9. The predicted octanol–water partition coefficient (Wildman–Crippen LogP) is 2.80. The average Bonchev–Trinajstić information content (AvgIpc) is 2.20. The number of aryl methyl sites for hydroxylation is 1. The lowest BCUT2D eigenvalue weighted by molar-refractivity contribution is 0.343. The summed E-state index contributed by atoms with van der Waals surface area (Å²) in [7, 11) is -2.84. The Labute approximate surface area is 89.2 Å². The minimum absolute atomic E-state index is 0.426. The van der Waals surface area contributed by atoms with Gasteiger partial charge in [0.15, 0.2) is 0 Å². The minimum Gasteiger partial charge on any atom is -0.464 e. The van der Waals surface area contributed by atoms with Crippen molar-refractivity contribution in [2.24, 2.45) is 0 Å². The predicted molar refractivity (Wildman–Crippen MR) is 59.8 cm³/mol. The van der Waals surface area contributed by atoms with E-state index in [1.54, 1.807) is 0 Å². The summed E-state index contributed by atoms with van der Waals surface area (Å²) in [4.78, 5) is 0. The lowest BCUT2D eigenvalue weighted by Gasteiger charge is -2.21. The molecule has 0 fully saturated rings. The van der Waals surface area contributed by atoms with Gasteiger partial charge in [0.2, 0.25) is 0 Å². The number of benzene rings is 1. The Kier molecular flexibility index (Phi) is 2.68. The molecule has 0 bridgehead atoms. The summed E-state index contributed by atoms with van der Waals surface area (Å²) in [5, 5.41) is 0.659. The van der Waals surface area contributed by atoms with Gasteiger partial charge in [-0.1, -0.05) is 11.6 Å². The van der Waals surface area contributed by atoms with E-state index in [2.05, 4.69) is 0 Å². The van der Waals surface area contributed by atoms with Crippen molar-refractivity contribution in [1.82, 2.24) is 0 Å². The van der Waals surface area contributed by atoms with Gasteiger partial charge >= 0.3 is 0 Å². The summed E-state index contributed by atoms with van der Waals surface area (Å²) >= 11 is 0. The highest BCUT2D eigenvalue weighted by Crippen LogP contribution is 2.51. The molecule has 0 saturated heterocycles. The van der Waals surface area contributed by atoms with Crippen LogP contribution in [0.15, 0.2) is 30.3 Å². The summed E-state index contributed by atoms with van der Waals surface area (Å²) in [6, 6.07) is 5.60. The van der Waals surface area contributed by atoms with Crippen LogP contribution in [0.1, 0.15) is 12.5 Å². The van der Waals surface area contributed by atoms with Gasteiger partial charge in [0.05, 0.1) is 18.2 Å². The standard InChI is InChI=1S/C11H13O3P/c1-3-14-15(12)7-6-13-10-5-4-9(2)8-11(10)15/h4-8H,3H2,1-2H3/t15-/m0/s1. The molecule has 4 heteroatoms. The molecular formula is C11H13O3P. The smallest absolute Gasteiger partial charge is 0.261 e. The third-order valence-electron chi connectivity index (χ3n) is 2.22. The quantitative estimate of drug-likeness (QED) is 0.724. The van der Waals surface area contributed by atoms with Crippen LogP contribution in [0.2, 0.25) is 0 Å². The Hall–Kier alpha value is -1.05. The Balaban J connectivity index is 2.54. The third kappa shape index (κ3) is 1.85. The van der Waals surface area contributed by atoms with E-state index >= 15 is 0 Å². The first-order valence-electron chi connectivity index (χ1n) is 4.85. The minimum atomic E-state index is -2.84. The molecule has 0 aliphatic carbocycles. The molecule has 0 N–H and O–H groups in total. The Morgan fingerprint density at radius 2 is 2.27 bits per heavy atom. The molecule has 0 aromatic heterocycles. The van der Waals surface area contributed by atoms with Gasteiger partial charge in [-0.15, -0.1) is 0 Å². The van der Waals surface area contributed by atoms with Crippen molar-refractivity contribution in [1.29, 1.82) is 0 Å². The lowest BCUT2D eigenvalue weighted by Crippen LogP contribution is -2.13. The number of hydrogen-bond acceptors (Lipinski definition) is 3. The molecule has 0 unspecified atom stereocenters. The molecule has 1 atom stereocenters. The maximum atomic E-state index is 12.4. The van der Waals surface area contributed by atoms with E-state index in [1.165, 1.54) is 12.1 Å². The highest BCUT2D eigenvalue weighted by atomic mass is 31.2. The van der Waals surface area contributed by atoms with Gasteiger partial charge < -0.3 is 9.26 Å². The van der Waals surface area contributed by atoms with Crippen LogP contribution in [-0.4, -0.2) is 6.61 Å². The number of ether oxygens (including phenoxy) is 1. The zero-order valence-corrected chi connectivity index (χ0v) is 9.66. The van der Waals surface area contributed by atoms with Gasteiger partial charge in [-0.2, -0.15) is 0 Å². The van der Waals surface area contributed by atoms with Crippen molar-refractivity contribution in [3.05, 3.63) is 35.8 Å². The van der Waals surface area contributed by atoms with Crippen LogP contribution in [0.3, 0.4) is 0 Å². The van der Waals surface area contributed by atoms with Crippen LogP contribution in [0, 0.1) is 6.92 Å². The van der Waals surface area contributed by atoms with Crippen molar-refractivity contribution >= 4 is 12.7 Å². The molecule has 0 amide bonds. The highest BCUT2D eigenvalue weighted by molar-refractivity contribution is 7.70. The molecule has 1 heterocycles. The van der Waals surface area contributed by atoms with Crippen molar-refractivity contribution in [2.75, 3.05) is 6.61 Å². The van der Waals surface area contributed by atoms with Gasteiger partial charge in [-0.3, -0.25) is 4.57 Å².